The van der Waals surface area contributed by atoms with E-state index in [1.807, 2.05) is 0 Å². The number of nitrogens with one attached hydrogen (secondary N) is 1. The fraction of sp³-hybridized carbons (Fsp3) is 0.750. The van der Waals surface area contributed by atoms with Crippen LogP contribution in [0.5, 0.6) is 0 Å². The second kappa shape index (κ2) is 5.58. The largest absolute Gasteiger partial charge is 0.370 e. The Morgan fingerprint density at radius 1 is 1.30 bits per heavy atom. The highest BCUT2D eigenvalue weighted by molar-refractivity contribution is 5.59. The smallest absolute Gasteiger partial charge is 0.138 e. The quantitative estimate of drug-likeness (QED) is 0.919. The molecule has 1 fully saturated rings. The number of rotatable bonds is 3. The summed E-state index contributed by atoms with van der Waals surface area (Å²) in [6.07, 6.45) is 1.25. The molecule has 1 atom stereocenters. The standard InChI is InChI=1S/C16H28N4/c1-7-17-13-12(3)14(20-9-8-11(2)10-20)19-15(18-13)16(4,5)6/h11H,7-10H2,1-6H3,(H,17,18,19). The van der Waals surface area contributed by atoms with Gasteiger partial charge in [-0.2, -0.15) is 0 Å². The summed E-state index contributed by atoms with van der Waals surface area (Å²) in [5.41, 5.74) is 1.15. The Bertz CT molecular complexity index is 476. The van der Waals surface area contributed by atoms with Gasteiger partial charge in [0.2, 0.25) is 0 Å². The predicted molar refractivity (Wildman–Crippen MR) is 85.6 cm³/mol. The van der Waals surface area contributed by atoms with Crippen LogP contribution in [0.3, 0.4) is 0 Å². The molecule has 0 aliphatic carbocycles. The van der Waals surface area contributed by atoms with Crippen molar-refractivity contribution in [3.8, 4) is 0 Å². The first-order valence-electron chi connectivity index (χ1n) is 7.70. The minimum atomic E-state index is -0.0298. The lowest BCUT2D eigenvalue weighted by atomic mass is 9.95. The molecule has 1 saturated heterocycles. The van der Waals surface area contributed by atoms with E-state index in [-0.39, 0.29) is 5.41 Å². The zero-order valence-corrected chi connectivity index (χ0v) is 13.7. The maximum Gasteiger partial charge on any atom is 0.138 e. The number of hydrogen-bond acceptors (Lipinski definition) is 4. The molecule has 1 N–H and O–H groups in total. The van der Waals surface area contributed by atoms with Crippen molar-refractivity contribution in [1.82, 2.24) is 9.97 Å². The molecule has 0 aromatic carbocycles. The highest BCUT2D eigenvalue weighted by Gasteiger charge is 2.26. The SMILES string of the molecule is CCNc1nc(C(C)(C)C)nc(N2CCC(C)C2)c1C. The van der Waals surface area contributed by atoms with Crippen molar-refractivity contribution >= 4 is 11.6 Å². The molecule has 20 heavy (non-hydrogen) atoms. The molecule has 0 spiro atoms. The molecule has 2 rings (SSSR count). The van der Waals surface area contributed by atoms with Crippen LogP contribution in [-0.2, 0) is 5.41 Å². The molecule has 1 aromatic heterocycles. The van der Waals surface area contributed by atoms with Crippen LogP contribution < -0.4 is 10.2 Å². The number of hydrogen-bond donors (Lipinski definition) is 1. The second-order valence-electron chi connectivity index (χ2n) is 6.96. The molecule has 0 amide bonds. The Morgan fingerprint density at radius 3 is 2.50 bits per heavy atom. The molecule has 0 saturated carbocycles. The summed E-state index contributed by atoms with van der Waals surface area (Å²) in [6, 6.07) is 0. The molecule has 1 aliphatic rings. The first-order valence-corrected chi connectivity index (χ1v) is 7.70. The van der Waals surface area contributed by atoms with Gasteiger partial charge in [-0.05, 0) is 26.2 Å². The van der Waals surface area contributed by atoms with E-state index >= 15 is 0 Å². The van der Waals surface area contributed by atoms with Crippen molar-refractivity contribution in [3.05, 3.63) is 11.4 Å². The third kappa shape index (κ3) is 3.05. The van der Waals surface area contributed by atoms with Crippen LogP contribution in [0.15, 0.2) is 0 Å². The van der Waals surface area contributed by atoms with E-state index in [4.69, 9.17) is 9.97 Å². The van der Waals surface area contributed by atoms with Gasteiger partial charge in [0.05, 0.1) is 0 Å². The topological polar surface area (TPSA) is 41.1 Å². The molecular weight excluding hydrogens is 248 g/mol. The molecule has 1 aliphatic heterocycles. The molecule has 2 heterocycles. The number of anilines is 2. The average molecular weight is 276 g/mol. The van der Waals surface area contributed by atoms with Crippen molar-refractivity contribution < 1.29 is 0 Å². The van der Waals surface area contributed by atoms with Crippen molar-refractivity contribution in [2.75, 3.05) is 29.9 Å². The van der Waals surface area contributed by atoms with Gasteiger partial charge in [0, 0.05) is 30.6 Å². The number of nitrogens with zero attached hydrogens (tertiary/aromatic N) is 3. The van der Waals surface area contributed by atoms with E-state index in [1.165, 1.54) is 12.0 Å². The van der Waals surface area contributed by atoms with Crippen molar-refractivity contribution in [3.63, 3.8) is 0 Å². The van der Waals surface area contributed by atoms with Crippen LogP contribution in [-0.4, -0.2) is 29.6 Å². The molecule has 1 aromatic rings. The summed E-state index contributed by atoms with van der Waals surface area (Å²) in [6.45, 7) is 16.2. The van der Waals surface area contributed by atoms with Crippen LogP contribution >= 0.6 is 0 Å². The molecule has 1 unspecified atom stereocenters. The summed E-state index contributed by atoms with van der Waals surface area (Å²) in [5, 5.41) is 3.39. The van der Waals surface area contributed by atoms with Gasteiger partial charge in [-0.25, -0.2) is 9.97 Å². The number of aromatic nitrogens is 2. The van der Waals surface area contributed by atoms with E-state index < -0.39 is 0 Å². The van der Waals surface area contributed by atoms with Gasteiger partial charge in [-0.1, -0.05) is 27.7 Å². The summed E-state index contributed by atoms with van der Waals surface area (Å²) in [5.74, 6) is 3.78. The van der Waals surface area contributed by atoms with Crippen LogP contribution in [0, 0.1) is 12.8 Å². The highest BCUT2D eigenvalue weighted by Crippen LogP contribution is 2.31. The van der Waals surface area contributed by atoms with Gasteiger partial charge in [0.15, 0.2) is 0 Å². The lowest BCUT2D eigenvalue weighted by Crippen LogP contribution is -2.26. The first kappa shape index (κ1) is 15.1. The molecule has 4 heteroatoms. The van der Waals surface area contributed by atoms with Gasteiger partial charge in [0.25, 0.3) is 0 Å². The van der Waals surface area contributed by atoms with E-state index in [2.05, 4.69) is 51.8 Å². The van der Waals surface area contributed by atoms with Crippen LogP contribution in [0.4, 0.5) is 11.6 Å². The molecular formula is C16H28N4. The van der Waals surface area contributed by atoms with E-state index in [0.29, 0.717) is 0 Å². The Morgan fingerprint density at radius 2 is 2.00 bits per heavy atom. The van der Waals surface area contributed by atoms with E-state index in [9.17, 15) is 0 Å². The van der Waals surface area contributed by atoms with Gasteiger partial charge in [-0.3, -0.25) is 0 Å². The molecule has 112 valence electrons. The van der Waals surface area contributed by atoms with E-state index in [0.717, 1.165) is 43.0 Å². The summed E-state index contributed by atoms with van der Waals surface area (Å²) in [4.78, 5) is 12.0. The van der Waals surface area contributed by atoms with Gasteiger partial charge >= 0.3 is 0 Å². The molecule has 0 radical (unpaired) electrons. The van der Waals surface area contributed by atoms with Crippen molar-refractivity contribution in [1.29, 1.82) is 0 Å². The summed E-state index contributed by atoms with van der Waals surface area (Å²) in [7, 11) is 0. The molecule has 0 bridgehead atoms. The lowest BCUT2D eigenvalue weighted by Gasteiger charge is -2.25. The minimum absolute atomic E-state index is 0.0298. The van der Waals surface area contributed by atoms with Crippen molar-refractivity contribution in [2.24, 2.45) is 5.92 Å². The molecule has 4 nitrogen and oxygen atoms in total. The Labute approximate surface area is 123 Å². The fourth-order valence-electron chi connectivity index (χ4n) is 2.62. The first-order chi connectivity index (χ1) is 9.32. The Kier molecular flexibility index (Phi) is 4.21. The van der Waals surface area contributed by atoms with Gasteiger partial charge < -0.3 is 10.2 Å². The van der Waals surface area contributed by atoms with E-state index in [1.54, 1.807) is 0 Å². The predicted octanol–water partition coefficient (Wildman–Crippen LogP) is 3.36. The third-order valence-corrected chi connectivity index (χ3v) is 3.86. The normalized spacial score (nSPS) is 19.5. The monoisotopic (exact) mass is 276 g/mol. The maximum atomic E-state index is 4.88. The Hall–Kier alpha value is -1.32. The third-order valence-electron chi connectivity index (χ3n) is 3.86. The summed E-state index contributed by atoms with van der Waals surface area (Å²) >= 11 is 0. The van der Waals surface area contributed by atoms with Crippen LogP contribution in [0.1, 0.15) is 52.4 Å². The highest BCUT2D eigenvalue weighted by atomic mass is 15.2. The maximum absolute atomic E-state index is 4.88. The summed E-state index contributed by atoms with van der Waals surface area (Å²) < 4.78 is 0. The van der Waals surface area contributed by atoms with Gasteiger partial charge in [-0.15, -0.1) is 0 Å². The zero-order chi connectivity index (χ0) is 14.9. The van der Waals surface area contributed by atoms with Crippen LogP contribution in [0.2, 0.25) is 0 Å². The lowest BCUT2D eigenvalue weighted by molar-refractivity contribution is 0.544. The second-order valence-corrected chi connectivity index (χ2v) is 6.96. The van der Waals surface area contributed by atoms with Crippen molar-refractivity contribution in [2.45, 2.75) is 53.4 Å². The van der Waals surface area contributed by atoms with Crippen LogP contribution in [0.25, 0.3) is 0 Å². The minimum Gasteiger partial charge on any atom is -0.370 e. The average Bonchev–Trinajstić information content (AvgIpc) is 2.77. The van der Waals surface area contributed by atoms with Gasteiger partial charge in [0.1, 0.15) is 17.5 Å². The zero-order valence-electron chi connectivity index (χ0n) is 13.7. The fourth-order valence-corrected chi connectivity index (χ4v) is 2.62. The Balaban J connectivity index is 2.46.